The molecule has 3 heteroatoms. The van der Waals surface area contributed by atoms with E-state index in [9.17, 15) is 0 Å². The third-order valence-electron chi connectivity index (χ3n) is 11.0. The van der Waals surface area contributed by atoms with Gasteiger partial charge < -0.3 is 0 Å². The second kappa shape index (κ2) is 7.80. The molecule has 182 valence electrons. The highest BCUT2D eigenvalue weighted by Gasteiger charge is 2.60. The second-order valence-electron chi connectivity index (χ2n) is 13.6. The zero-order valence-electron chi connectivity index (χ0n) is 21.9. The highest BCUT2D eigenvalue weighted by atomic mass is 15.4. The van der Waals surface area contributed by atoms with Gasteiger partial charge in [0, 0.05) is 5.56 Å². The summed E-state index contributed by atoms with van der Waals surface area (Å²) in [6.07, 6.45) is 18.1. The molecule has 0 radical (unpaired) electrons. The molecule has 34 heavy (non-hydrogen) atoms. The maximum absolute atomic E-state index is 4.72. The SMILES string of the molecule is CC(C)(C)c1ccc(-c2cn([C@@H]3CC[C@H]4[C@@H]5CC[C@H]6CC=CC[C@]6(C)[C@H]5CC[C@@]43C)nn2)cc1. The molecule has 6 rings (SSSR count). The summed E-state index contributed by atoms with van der Waals surface area (Å²) in [5, 5.41) is 9.37. The first-order valence-corrected chi connectivity index (χ1v) is 13.9. The Labute approximate surface area is 206 Å². The molecule has 1 aromatic heterocycles. The molecule has 0 aliphatic heterocycles. The minimum absolute atomic E-state index is 0.173. The molecule has 4 aliphatic carbocycles. The number of rotatable bonds is 2. The maximum Gasteiger partial charge on any atom is 0.113 e. The van der Waals surface area contributed by atoms with E-state index in [1.165, 1.54) is 62.5 Å². The van der Waals surface area contributed by atoms with Crippen LogP contribution in [0, 0.1) is 34.5 Å². The predicted molar refractivity (Wildman–Crippen MR) is 139 cm³/mol. The van der Waals surface area contributed by atoms with Crippen LogP contribution in [0.3, 0.4) is 0 Å². The summed E-state index contributed by atoms with van der Waals surface area (Å²) < 4.78 is 2.25. The van der Waals surface area contributed by atoms with Crippen LogP contribution in [0.1, 0.15) is 97.6 Å². The molecule has 0 unspecified atom stereocenters. The van der Waals surface area contributed by atoms with Crippen LogP contribution in [0.15, 0.2) is 42.6 Å². The smallest absolute Gasteiger partial charge is 0.113 e. The number of benzene rings is 1. The monoisotopic (exact) mass is 457 g/mol. The average Bonchev–Trinajstić information content (AvgIpc) is 3.42. The summed E-state index contributed by atoms with van der Waals surface area (Å²) in [6, 6.07) is 9.43. The molecule has 0 saturated heterocycles. The van der Waals surface area contributed by atoms with E-state index in [1.54, 1.807) is 0 Å². The van der Waals surface area contributed by atoms with Crippen molar-refractivity contribution in [2.75, 3.05) is 0 Å². The first kappa shape index (κ1) is 22.6. The molecule has 3 nitrogen and oxygen atoms in total. The first-order chi connectivity index (χ1) is 16.2. The third kappa shape index (κ3) is 3.36. The van der Waals surface area contributed by atoms with Crippen LogP contribution in [0.4, 0.5) is 0 Å². The van der Waals surface area contributed by atoms with E-state index in [0.29, 0.717) is 16.9 Å². The van der Waals surface area contributed by atoms with Crippen LogP contribution in [0.25, 0.3) is 11.3 Å². The van der Waals surface area contributed by atoms with Crippen molar-refractivity contribution in [1.29, 1.82) is 0 Å². The Balaban J connectivity index is 1.24. The second-order valence-corrected chi connectivity index (χ2v) is 13.6. The van der Waals surface area contributed by atoms with Crippen molar-refractivity contribution in [2.24, 2.45) is 34.5 Å². The molecule has 3 fully saturated rings. The lowest BCUT2D eigenvalue weighted by atomic mass is 9.46. The third-order valence-corrected chi connectivity index (χ3v) is 11.0. The lowest BCUT2D eigenvalue weighted by Gasteiger charge is -2.59. The van der Waals surface area contributed by atoms with Crippen LogP contribution >= 0.6 is 0 Å². The van der Waals surface area contributed by atoms with Gasteiger partial charge in [0.25, 0.3) is 0 Å². The summed E-state index contributed by atoms with van der Waals surface area (Å²) in [5.41, 5.74) is 4.63. The van der Waals surface area contributed by atoms with Gasteiger partial charge in [0.05, 0.1) is 12.2 Å². The van der Waals surface area contributed by atoms with Gasteiger partial charge in [0.2, 0.25) is 0 Å². The van der Waals surface area contributed by atoms with Crippen molar-refractivity contribution in [1.82, 2.24) is 15.0 Å². The Morgan fingerprint density at radius 3 is 2.41 bits per heavy atom. The van der Waals surface area contributed by atoms with Crippen molar-refractivity contribution < 1.29 is 0 Å². The highest BCUT2D eigenvalue weighted by molar-refractivity contribution is 5.58. The highest BCUT2D eigenvalue weighted by Crippen LogP contribution is 2.67. The number of hydrogen-bond donors (Lipinski definition) is 0. The van der Waals surface area contributed by atoms with E-state index in [4.69, 9.17) is 5.21 Å². The van der Waals surface area contributed by atoms with Gasteiger partial charge in [-0.05, 0) is 96.8 Å². The van der Waals surface area contributed by atoms with Crippen LogP contribution in [-0.2, 0) is 5.41 Å². The van der Waals surface area contributed by atoms with Crippen LogP contribution in [0.2, 0.25) is 0 Å². The fourth-order valence-electron chi connectivity index (χ4n) is 8.95. The van der Waals surface area contributed by atoms with Crippen molar-refractivity contribution in [3.05, 3.63) is 48.2 Å². The summed E-state index contributed by atoms with van der Waals surface area (Å²) in [6.45, 7) is 12.0. The van der Waals surface area contributed by atoms with Crippen molar-refractivity contribution in [2.45, 2.75) is 97.4 Å². The molecule has 7 atom stereocenters. The molecule has 0 spiro atoms. The lowest BCUT2D eigenvalue weighted by Crippen LogP contribution is -2.52. The fraction of sp³-hybridized carbons (Fsp3) is 0.677. The number of nitrogens with zero attached hydrogens (tertiary/aromatic N) is 3. The number of allylic oxidation sites excluding steroid dienone is 2. The Hall–Kier alpha value is -1.90. The van der Waals surface area contributed by atoms with Gasteiger partial charge >= 0.3 is 0 Å². The minimum atomic E-state index is 0.173. The number of aromatic nitrogens is 3. The molecule has 0 N–H and O–H groups in total. The van der Waals surface area contributed by atoms with Gasteiger partial charge in [-0.3, -0.25) is 0 Å². The van der Waals surface area contributed by atoms with Crippen molar-refractivity contribution in [3.8, 4) is 11.3 Å². The molecule has 0 amide bonds. The van der Waals surface area contributed by atoms with E-state index >= 15 is 0 Å². The van der Waals surface area contributed by atoms with Crippen molar-refractivity contribution in [3.63, 3.8) is 0 Å². The first-order valence-electron chi connectivity index (χ1n) is 13.9. The number of fused-ring (bicyclic) bond motifs is 5. The summed E-state index contributed by atoms with van der Waals surface area (Å²) in [5.74, 6) is 3.59. The molecule has 1 aromatic carbocycles. The normalized spacial score (nSPS) is 39.4. The molecule has 2 aromatic rings. The Kier molecular flexibility index (Phi) is 5.18. The van der Waals surface area contributed by atoms with Gasteiger partial charge in [-0.15, -0.1) is 5.10 Å². The topological polar surface area (TPSA) is 30.7 Å². The molecule has 1 heterocycles. The average molecular weight is 458 g/mol. The van der Waals surface area contributed by atoms with Gasteiger partial charge in [-0.2, -0.15) is 0 Å². The predicted octanol–water partition coefficient (Wildman–Crippen LogP) is 7.99. The quantitative estimate of drug-likeness (QED) is 0.428. The fourth-order valence-corrected chi connectivity index (χ4v) is 8.95. The van der Waals surface area contributed by atoms with Crippen LogP contribution in [-0.4, -0.2) is 15.0 Å². The molecule has 0 bridgehead atoms. The van der Waals surface area contributed by atoms with E-state index < -0.39 is 0 Å². The van der Waals surface area contributed by atoms with Crippen LogP contribution < -0.4 is 0 Å². The summed E-state index contributed by atoms with van der Waals surface area (Å²) >= 11 is 0. The Morgan fingerprint density at radius 2 is 1.65 bits per heavy atom. The van der Waals surface area contributed by atoms with Crippen LogP contribution in [0.5, 0.6) is 0 Å². The zero-order chi connectivity index (χ0) is 23.7. The van der Waals surface area contributed by atoms with E-state index in [2.05, 4.69) is 87.0 Å². The summed E-state index contributed by atoms with van der Waals surface area (Å²) in [7, 11) is 0. The van der Waals surface area contributed by atoms with E-state index in [-0.39, 0.29) is 5.41 Å². The van der Waals surface area contributed by atoms with Gasteiger partial charge in [0.15, 0.2) is 0 Å². The van der Waals surface area contributed by atoms with Crippen molar-refractivity contribution >= 4 is 0 Å². The van der Waals surface area contributed by atoms with E-state index in [0.717, 1.165) is 29.4 Å². The molecular formula is C31H43N3. The van der Waals surface area contributed by atoms with Gasteiger partial charge in [0.1, 0.15) is 5.69 Å². The summed E-state index contributed by atoms with van der Waals surface area (Å²) in [4.78, 5) is 0. The van der Waals surface area contributed by atoms with Gasteiger partial charge in [-0.25, -0.2) is 4.68 Å². The zero-order valence-corrected chi connectivity index (χ0v) is 21.9. The molecule has 4 aliphatic rings. The van der Waals surface area contributed by atoms with Gasteiger partial charge in [-0.1, -0.05) is 76.2 Å². The maximum atomic E-state index is 4.72. The molecular weight excluding hydrogens is 414 g/mol. The minimum Gasteiger partial charge on any atom is -0.248 e. The lowest BCUT2D eigenvalue weighted by molar-refractivity contribution is -0.0954. The largest absolute Gasteiger partial charge is 0.248 e. The molecule has 3 saturated carbocycles. The standard InChI is InChI=1S/C31H43N3/c1-29(2,3)22-11-9-21(10-12-22)27-20-34(33-32-27)28-16-15-25-24-14-13-23-8-6-7-18-30(23,4)26(24)17-19-31(25,28)5/h6-7,9-12,20,23-26,28H,8,13-19H2,1-5H3/t23-,24+,25+,26+,28-,30+,31+/m1/s1. The van der Waals surface area contributed by atoms with E-state index in [1.807, 2.05) is 0 Å². The number of hydrogen-bond acceptors (Lipinski definition) is 2. The Bertz CT molecular complexity index is 1070. The Morgan fingerprint density at radius 1 is 0.882 bits per heavy atom.